The Bertz CT molecular complexity index is 1120. The smallest absolute Gasteiger partial charge is 0.307 e. The predicted molar refractivity (Wildman–Crippen MR) is 120 cm³/mol. The predicted octanol–water partition coefficient (Wildman–Crippen LogP) is 5.56. The number of hydrogen-bond acceptors (Lipinski definition) is 2. The van der Waals surface area contributed by atoms with Crippen LogP contribution >= 0.6 is 0 Å². The maximum atomic E-state index is 11.4. The maximum Gasteiger partial charge on any atom is 0.307 e. The lowest BCUT2D eigenvalue weighted by Gasteiger charge is -2.28. The van der Waals surface area contributed by atoms with Gasteiger partial charge in [-0.3, -0.25) is 10.1 Å². The van der Waals surface area contributed by atoms with E-state index < -0.39 is 5.97 Å². The third kappa shape index (κ3) is 4.14. The molecule has 2 unspecified atom stereocenters. The Kier molecular flexibility index (Phi) is 5.96. The number of hydrogen-bond donors (Lipinski definition) is 2. The number of benzene rings is 3. The van der Waals surface area contributed by atoms with Gasteiger partial charge in [0.1, 0.15) is 6.17 Å². The molecule has 4 nitrogen and oxygen atoms in total. The zero-order valence-corrected chi connectivity index (χ0v) is 17.0. The molecule has 0 aliphatic carbocycles. The number of nitrogens with zero attached hydrogens (tertiary/aromatic N) is 1. The van der Waals surface area contributed by atoms with E-state index in [0.29, 0.717) is 0 Å². The largest absolute Gasteiger partial charge is 0.481 e. The Morgan fingerprint density at radius 3 is 2.13 bits per heavy atom. The van der Waals surface area contributed by atoms with Gasteiger partial charge in [0.25, 0.3) is 0 Å². The molecule has 0 aliphatic rings. The number of carboxylic acids is 1. The third-order valence-electron chi connectivity index (χ3n) is 5.53. The van der Waals surface area contributed by atoms with Crippen molar-refractivity contribution in [2.45, 2.75) is 32.0 Å². The Balaban J connectivity index is 1.82. The Morgan fingerprint density at radius 1 is 0.900 bits per heavy atom. The first-order chi connectivity index (χ1) is 14.7. The molecule has 0 radical (unpaired) electrons. The first-order valence-corrected chi connectivity index (χ1v) is 10.3. The highest BCUT2D eigenvalue weighted by Crippen LogP contribution is 2.30. The molecule has 0 spiro atoms. The standard InChI is InChI=1S/C26H26N2O2/c1-2-23(19-11-5-3-6-12-19)27-26(20-13-7-4-8-14-20)28-18-21(17-25(29)30)22-15-9-10-16-24(22)28/h3-16,18,23,26-27H,2,17H2,1H3,(H,29,30). The molecule has 1 heterocycles. The Hall–Kier alpha value is -3.37. The van der Waals surface area contributed by atoms with Crippen LogP contribution in [0, 0.1) is 0 Å². The topological polar surface area (TPSA) is 54.3 Å². The van der Waals surface area contributed by atoms with Crippen LogP contribution in [0.5, 0.6) is 0 Å². The second kappa shape index (κ2) is 8.97. The zero-order chi connectivity index (χ0) is 20.9. The summed E-state index contributed by atoms with van der Waals surface area (Å²) in [6, 6.07) is 28.9. The molecule has 0 aliphatic heterocycles. The van der Waals surface area contributed by atoms with E-state index in [4.69, 9.17) is 0 Å². The molecular formula is C26H26N2O2. The fraction of sp³-hybridized carbons (Fsp3) is 0.192. The van der Waals surface area contributed by atoms with Gasteiger partial charge in [0.2, 0.25) is 0 Å². The highest BCUT2D eigenvalue weighted by molar-refractivity contribution is 5.87. The van der Waals surface area contributed by atoms with E-state index in [1.54, 1.807) is 0 Å². The van der Waals surface area contributed by atoms with Crippen molar-refractivity contribution in [3.63, 3.8) is 0 Å². The summed E-state index contributed by atoms with van der Waals surface area (Å²) in [5.41, 5.74) is 4.23. The van der Waals surface area contributed by atoms with Crippen LogP contribution in [0.4, 0.5) is 0 Å². The van der Waals surface area contributed by atoms with Crippen LogP contribution in [0.25, 0.3) is 10.9 Å². The first-order valence-electron chi connectivity index (χ1n) is 10.3. The summed E-state index contributed by atoms with van der Waals surface area (Å²) in [5, 5.41) is 14.2. The second-order valence-electron chi connectivity index (χ2n) is 7.50. The summed E-state index contributed by atoms with van der Waals surface area (Å²) in [4.78, 5) is 11.4. The van der Waals surface area contributed by atoms with Crippen LogP contribution in [-0.2, 0) is 11.2 Å². The van der Waals surface area contributed by atoms with E-state index in [9.17, 15) is 9.90 Å². The number of carbonyl (C=O) groups is 1. The highest BCUT2D eigenvalue weighted by atomic mass is 16.4. The Labute approximate surface area is 176 Å². The molecule has 4 heteroatoms. The molecule has 4 rings (SSSR count). The van der Waals surface area contributed by atoms with Crippen molar-refractivity contribution in [3.05, 3.63) is 108 Å². The molecule has 0 fully saturated rings. The van der Waals surface area contributed by atoms with Crippen LogP contribution in [0.15, 0.2) is 91.1 Å². The van der Waals surface area contributed by atoms with Crippen molar-refractivity contribution in [1.29, 1.82) is 0 Å². The number of nitrogens with one attached hydrogen (secondary N) is 1. The molecule has 4 aromatic rings. The molecule has 0 bridgehead atoms. The van der Waals surface area contributed by atoms with E-state index in [2.05, 4.69) is 59.3 Å². The quantitative estimate of drug-likeness (QED) is 0.409. The van der Waals surface area contributed by atoms with E-state index in [1.807, 2.05) is 48.7 Å². The molecule has 1 aromatic heterocycles. The SMILES string of the molecule is CCC(NC(c1ccccc1)n1cc(CC(=O)O)c2ccccc21)c1ccccc1. The summed E-state index contributed by atoms with van der Waals surface area (Å²) in [5.74, 6) is -0.821. The van der Waals surface area contributed by atoms with Crippen molar-refractivity contribution in [2.24, 2.45) is 0 Å². The van der Waals surface area contributed by atoms with Gasteiger partial charge in [0, 0.05) is 23.1 Å². The average Bonchev–Trinajstić information content (AvgIpc) is 3.13. The van der Waals surface area contributed by atoms with Crippen molar-refractivity contribution in [1.82, 2.24) is 9.88 Å². The summed E-state index contributed by atoms with van der Waals surface area (Å²) >= 11 is 0. The van der Waals surface area contributed by atoms with Gasteiger partial charge in [0.05, 0.1) is 6.42 Å². The molecular weight excluding hydrogens is 372 g/mol. The minimum Gasteiger partial charge on any atom is -0.481 e. The number of rotatable bonds is 8. The molecule has 152 valence electrons. The fourth-order valence-corrected chi connectivity index (χ4v) is 4.09. The molecule has 0 saturated heterocycles. The second-order valence-corrected chi connectivity index (χ2v) is 7.50. The monoisotopic (exact) mass is 398 g/mol. The van der Waals surface area contributed by atoms with Crippen LogP contribution < -0.4 is 5.32 Å². The summed E-state index contributed by atoms with van der Waals surface area (Å²) in [7, 11) is 0. The van der Waals surface area contributed by atoms with Crippen molar-refractivity contribution in [3.8, 4) is 0 Å². The minimum absolute atomic E-state index is 0.00488. The summed E-state index contributed by atoms with van der Waals surface area (Å²) in [6.45, 7) is 2.18. The van der Waals surface area contributed by atoms with Gasteiger partial charge >= 0.3 is 5.97 Å². The number of carboxylic acid groups (broad SMARTS) is 1. The lowest BCUT2D eigenvalue weighted by molar-refractivity contribution is -0.136. The zero-order valence-electron chi connectivity index (χ0n) is 17.0. The van der Waals surface area contributed by atoms with Crippen molar-refractivity contribution in [2.75, 3.05) is 0 Å². The van der Waals surface area contributed by atoms with Gasteiger partial charge in [-0.1, -0.05) is 85.8 Å². The van der Waals surface area contributed by atoms with Gasteiger partial charge in [-0.25, -0.2) is 0 Å². The molecule has 2 atom stereocenters. The molecule has 3 aromatic carbocycles. The fourth-order valence-electron chi connectivity index (χ4n) is 4.09. The van der Waals surface area contributed by atoms with E-state index in [-0.39, 0.29) is 18.6 Å². The lowest BCUT2D eigenvalue weighted by Crippen LogP contribution is -2.31. The summed E-state index contributed by atoms with van der Waals surface area (Å²) in [6.07, 6.45) is 2.81. The maximum absolute atomic E-state index is 11.4. The van der Waals surface area contributed by atoms with Gasteiger partial charge in [-0.15, -0.1) is 0 Å². The molecule has 0 amide bonds. The van der Waals surface area contributed by atoms with Crippen molar-refractivity contribution >= 4 is 16.9 Å². The number of aromatic nitrogens is 1. The highest BCUT2D eigenvalue weighted by Gasteiger charge is 2.22. The lowest BCUT2D eigenvalue weighted by atomic mass is 10.0. The van der Waals surface area contributed by atoms with Gasteiger partial charge < -0.3 is 9.67 Å². The number of fused-ring (bicyclic) bond motifs is 1. The number of para-hydroxylation sites is 1. The van der Waals surface area contributed by atoms with Crippen LogP contribution in [-0.4, -0.2) is 15.6 Å². The number of aliphatic carboxylic acids is 1. The van der Waals surface area contributed by atoms with Gasteiger partial charge in [0.15, 0.2) is 0 Å². The molecule has 0 saturated carbocycles. The normalized spacial score (nSPS) is 13.2. The van der Waals surface area contributed by atoms with E-state index in [1.165, 1.54) is 5.56 Å². The third-order valence-corrected chi connectivity index (χ3v) is 5.53. The van der Waals surface area contributed by atoms with Crippen LogP contribution in [0.2, 0.25) is 0 Å². The Morgan fingerprint density at radius 2 is 1.50 bits per heavy atom. The molecule has 2 N–H and O–H groups in total. The first kappa shape index (κ1) is 19.9. The minimum atomic E-state index is -0.821. The molecule has 30 heavy (non-hydrogen) atoms. The van der Waals surface area contributed by atoms with Gasteiger partial charge in [-0.05, 0) is 29.2 Å². The van der Waals surface area contributed by atoms with Gasteiger partial charge in [-0.2, -0.15) is 0 Å². The van der Waals surface area contributed by atoms with E-state index in [0.717, 1.165) is 28.5 Å². The van der Waals surface area contributed by atoms with E-state index >= 15 is 0 Å². The van der Waals surface area contributed by atoms with Crippen molar-refractivity contribution < 1.29 is 9.90 Å². The van der Waals surface area contributed by atoms with Crippen LogP contribution in [0.3, 0.4) is 0 Å². The van der Waals surface area contributed by atoms with Crippen LogP contribution in [0.1, 0.15) is 42.2 Å². The summed E-state index contributed by atoms with van der Waals surface area (Å²) < 4.78 is 2.18. The average molecular weight is 399 g/mol.